The Morgan fingerprint density at radius 2 is 2.36 bits per heavy atom. The van der Waals surface area contributed by atoms with E-state index in [9.17, 15) is 4.79 Å². The van der Waals surface area contributed by atoms with E-state index in [1.54, 1.807) is 6.26 Å². The van der Waals surface area contributed by atoms with E-state index in [0.29, 0.717) is 29.9 Å². The number of ether oxygens (including phenoxy) is 2. The van der Waals surface area contributed by atoms with Crippen LogP contribution in [0.4, 0.5) is 0 Å². The fourth-order valence-corrected chi connectivity index (χ4v) is 2.78. The van der Waals surface area contributed by atoms with Crippen LogP contribution in [0.5, 0.6) is 5.19 Å². The maximum absolute atomic E-state index is 12.0. The third-order valence-electron chi connectivity index (χ3n) is 3.73. The van der Waals surface area contributed by atoms with E-state index in [4.69, 9.17) is 15.9 Å². The molecule has 0 saturated carbocycles. The summed E-state index contributed by atoms with van der Waals surface area (Å²) in [7, 11) is 0. The van der Waals surface area contributed by atoms with Crippen LogP contribution in [0.15, 0.2) is 18.2 Å². The van der Waals surface area contributed by atoms with Crippen molar-refractivity contribution in [3.05, 3.63) is 23.1 Å². The number of carbonyl (C=O) groups excluding carboxylic acids is 1. The van der Waals surface area contributed by atoms with Crippen LogP contribution >= 0.6 is 11.3 Å². The van der Waals surface area contributed by atoms with Crippen LogP contribution in [0.1, 0.15) is 49.7 Å². The average molecular weight is 363 g/mol. The highest BCUT2D eigenvalue weighted by atomic mass is 32.1. The van der Waals surface area contributed by atoms with Gasteiger partial charge in [-0.25, -0.2) is 4.98 Å². The second-order valence-electron chi connectivity index (χ2n) is 6.75. The molecule has 1 fully saturated rings. The molecule has 6 nitrogen and oxygen atoms in total. The lowest BCUT2D eigenvalue weighted by Crippen LogP contribution is -2.39. The summed E-state index contributed by atoms with van der Waals surface area (Å²) in [5.74, 6) is 3.20. The molecular formula is C18H25N3O3S. The zero-order chi connectivity index (χ0) is 18.3. The Hall–Kier alpha value is -2.04. The summed E-state index contributed by atoms with van der Waals surface area (Å²) in [6.07, 6.45) is 10.8. The van der Waals surface area contributed by atoms with E-state index < -0.39 is 0 Å². The highest BCUT2D eigenvalue weighted by Gasteiger charge is 2.28. The Labute approximate surface area is 153 Å². The first kappa shape index (κ1) is 19.3. The molecule has 0 aromatic carbocycles. The maximum atomic E-state index is 12.0. The van der Waals surface area contributed by atoms with Gasteiger partial charge in [0, 0.05) is 18.5 Å². The van der Waals surface area contributed by atoms with Crippen molar-refractivity contribution in [2.24, 2.45) is 0 Å². The molecule has 0 aliphatic carbocycles. The smallest absolute Gasteiger partial charge is 0.278 e. The topological polar surface area (TPSA) is 63.7 Å². The van der Waals surface area contributed by atoms with Gasteiger partial charge in [0.05, 0.1) is 12.7 Å². The second-order valence-corrected chi connectivity index (χ2v) is 7.74. The van der Waals surface area contributed by atoms with Crippen molar-refractivity contribution in [2.75, 3.05) is 19.8 Å². The number of carbonyl (C=O) groups is 1. The van der Waals surface area contributed by atoms with Crippen LogP contribution in [-0.2, 0) is 4.74 Å². The Morgan fingerprint density at radius 3 is 3.04 bits per heavy atom. The summed E-state index contributed by atoms with van der Waals surface area (Å²) in [6, 6.07) is 0. The van der Waals surface area contributed by atoms with Gasteiger partial charge in [-0.2, -0.15) is 0 Å². The summed E-state index contributed by atoms with van der Waals surface area (Å²) in [5, 5.41) is 3.27. The van der Waals surface area contributed by atoms with Gasteiger partial charge >= 0.3 is 0 Å². The van der Waals surface area contributed by atoms with E-state index in [2.05, 4.69) is 41.9 Å². The largest absolute Gasteiger partial charge is 0.478 e. The van der Waals surface area contributed by atoms with Gasteiger partial charge in [-0.3, -0.25) is 9.69 Å². The number of nitrogens with one attached hydrogen (secondary N) is 1. The van der Waals surface area contributed by atoms with Crippen LogP contribution in [0.2, 0.25) is 0 Å². The van der Waals surface area contributed by atoms with Crippen LogP contribution in [0.25, 0.3) is 0 Å². The number of hydrogen-bond donors (Lipinski definition) is 1. The first-order valence-electron chi connectivity index (χ1n) is 8.31. The number of amides is 1. The molecule has 1 aliphatic rings. The summed E-state index contributed by atoms with van der Waals surface area (Å²) < 4.78 is 11.1. The van der Waals surface area contributed by atoms with E-state index in [0.717, 1.165) is 25.0 Å². The minimum Gasteiger partial charge on any atom is -0.478 e. The quantitative estimate of drug-likeness (QED) is 0.458. The van der Waals surface area contributed by atoms with Gasteiger partial charge in [0.15, 0.2) is 0 Å². The molecule has 1 amide bonds. The molecule has 136 valence electrons. The van der Waals surface area contributed by atoms with Gasteiger partial charge < -0.3 is 14.8 Å². The van der Waals surface area contributed by atoms with Crippen molar-refractivity contribution in [2.45, 2.75) is 45.6 Å². The molecule has 0 bridgehead atoms. The molecule has 1 aliphatic heterocycles. The first-order valence-corrected chi connectivity index (χ1v) is 9.13. The predicted molar refractivity (Wildman–Crippen MR) is 98.3 cm³/mol. The molecule has 1 aromatic heterocycles. The molecule has 0 radical (unpaired) electrons. The number of aromatic nitrogens is 1. The van der Waals surface area contributed by atoms with Gasteiger partial charge in [0.25, 0.3) is 11.1 Å². The molecule has 25 heavy (non-hydrogen) atoms. The Kier molecular flexibility index (Phi) is 6.85. The average Bonchev–Trinajstić information content (AvgIpc) is 3.21. The lowest BCUT2D eigenvalue weighted by molar-refractivity contribution is 0.0943. The molecule has 2 heterocycles. The van der Waals surface area contributed by atoms with Gasteiger partial charge in [-0.15, -0.1) is 12.3 Å². The van der Waals surface area contributed by atoms with Crippen molar-refractivity contribution in [3.63, 3.8) is 0 Å². The molecular weight excluding hydrogens is 338 g/mol. The molecule has 1 aromatic rings. The van der Waals surface area contributed by atoms with Gasteiger partial charge in [0.2, 0.25) is 0 Å². The number of nitrogens with zero attached hydrogens (tertiary/aromatic N) is 2. The SMILES string of the molecule is C#CCCCCNC(=O)c1cnc(OC=C2CN(C(C)(C)C)CO2)s1. The molecule has 0 unspecified atom stereocenters. The number of unbranched alkanes of at least 4 members (excludes halogenated alkanes) is 2. The number of rotatable bonds is 7. The highest BCUT2D eigenvalue weighted by molar-refractivity contribution is 7.15. The summed E-state index contributed by atoms with van der Waals surface area (Å²) >= 11 is 1.21. The highest BCUT2D eigenvalue weighted by Crippen LogP contribution is 2.24. The maximum Gasteiger partial charge on any atom is 0.278 e. The Balaban J connectivity index is 1.79. The second kappa shape index (κ2) is 8.88. The molecule has 0 atom stereocenters. The Morgan fingerprint density at radius 1 is 1.56 bits per heavy atom. The fraction of sp³-hybridized carbons (Fsp3) is 0.556. The summed E-state index contributed by atoms with van der Waals surface area (Å²) in [6.45, 7) is 8.26. The van der Waals surface area contributed by atoms with Gasteiger partial charge in [-0.1, -0.05) is 11.3 Å². The van der Waals surface area contributed by atoms with Crippen LogP contribution < -0.4 is 10.1 Å². The van der Waals surface area contributed by atoms with E-state index in [-0.39, 0.29) is 11.4 Å². The normalized spacial score (nSPS) is 16.5. The van der Waals surface area contributed by atoms with Crippen LogP contribution in [-0.4, -0.2) is 41.2 Å². The lowest BCUT2D eigenvalue weighted by Gasteiger charge is -2.28. The van der Waals surface area contributed by atoms with E-state index in [1.807, 2.05) is 0 Å². The van der Waals surface area contributed by atoms with Gasteiger partial charge in [-0.05, 0) is 33.6 Å². The van der Waals surface area contributed by atoms with Crippen molar-refractivity contribution >= 4 is 17.2 Å². The standard InChI is InChI=1S/C18H25N3O3S/c1-5-6-7-8-9-19-16(22)15-10-20-17(25-15)23-12-14-11-21(13-24-14)18(2,3)4/h1,10,12H,6-9,11,13H2,2-4H3,(H,19,22). The molecule has 7 heteroatoms. The Bertz CT molecular complexity index is 655. The lowest BCUT2D eigenvalue weighted by atomic mass is 10.1. The summed E-state index contributed by atoms with van der Waals surface area (Å²) in [5.41, 5.74) is 0.0439. The number of thiazole rings is 1. The van der Waals surface area contributed by atoms with Crippen LogP contribution in [0, 0.1) is 12.3 Å². The minimum absolute atomic E-state index is 0.0439. The third kappa shape index (κ3) is 6.07. The van der Waals surface area contributed by atoms with Crippen molar-refractivity contribution < 1.29 is 14.3 Å². The van der Waals surface area contributed by atoms with Crippen molar-refractivity contribution in [1.82, 2.24) is 15.2 Å². The summed E-state index contributed by atoms with van der Waals surface area (Å²) in [4.78, 5) is 18.9. The first-order chi connectivity index (χ1) is 11.9. The zero-order valence-electron chi connectivity index (χ0n) is 15.0. The van der Waals surface area contributed by atoms with E-state index >= 15 is 0 Å². The number of hydrogen-bond acceptors (Lipinski definition) is 6. The fourth-order valence-electron chi connectivity index (χ4n) is 2.12. The van der Waals surface area contributed by atoms with E-state index in [1.165, 1.54) is 17.5 Å². The van der Waals surface area contributed by atoms with Gasteiger partial charge in [0.1, 0.15) is 23.6 Å². The predicted octanol–water partition coefficient (Wildman–Crippen LogP) is 2.98. The number of terminal acetylenes is 1. The third-order valence-corrected chi connectivity index (χ3v) is 4.62. The molecule has 1 saturated heterocycles. The molecule has 1 N–H and O–H groups in total. The molecule has 2 rings (SSSR count). The zero-order valence-corrected chi connectivity index (χ0v) is 15.8. The monoisotopic (exact) mass is 363 g/mol. The molecule has 0 spiro atoms. The van der Waals surface area contributed by atoms with Crippen molar-refractivity contribution in [3.8, 4) is 17.5 Å². The van der Waals surface area contributed by atoms with Crippen LogP contribution in [0.3, 0.4) is 0 Å². The minimum atomic E-state index is -0.142. The van der Waals surface area contributed by atoms with Crippen molar-refractivity contribution in [1.29, 1.82) is 0 Å².